The maximum Gasteiger partial charge on any atom is 0.255 e. The molecule has 0 saturated carbocycles. The number of Topliss-reactive ketones (excluding diaryl/α,β-unsaturated/α-hetero) is 1. The van der Waals surface area contributed by atoms with E-state index in [0.717, 1.165) is 11.1 Å². The number of furan rings is 1. The Morgan fingerprint density at radius 3 is 2.79 bits per heavy atom. The minimum absolute atomic E-state index is 0.0254. The second-order valence-electron chi connectivity index (χ2n) is 6.29. The summed E-state index contributed by atoms with van der Waals surface area (Å²) < 4.78 is 6.48. The molecule has 0 aliphatic carbocycles. The monoisotopic (exact) mass is 387 g/mol. The van der Waals surface area contributed by atoms with E-state index < -0.39 is 0 Å². The van der Waals surface area contributed by atoms with Gasteiger partial charge in [0.1, 0.15) is 6.33 Å². The molecule has 0 aliphatic rings. The van der Waals surface area contributed by atoms with Crippen molar-refractivity contribution in [1.82, 2.24) is 19.5 Å². The lowest BCUT2D eigenvalue weighted by atomic mass is 9.99. The molecule has 0 spiro atoms. The van der Waals surface area contributed by atoms with Gasteiger partial charge < -0.3 is 9.73 Å². The van der Waals surface area contributed by atoms with Crippen LogP contribution in [0.2, 0.25) is 0 Å². The van der Waals surface area contributed by atoms with Crippen LogP contribution in [0.5, 0.6) is 0 Å². The average molecular weight is 387 g/mol. The summed E-state index contributed by atoms with van der Waals surface area (Å²) in [5.74, 6) is 0.142. The van der Waals surface area contributed by atoms with Crippen molar-refractivity contribution in [1.29, 1.82) is 0 Å². The number of nitrogens with zero attached hydrogens (tertiary/aromatic N) is 4. The molecule has 0 radical (unpaired) electrons. The Labute approximate surface area is 165 Å². The molecule has 0 unspecified atom stereocenters. The molecule has 0 aliphatic heterocycles. The van der Waals surface area contributed by atoms with Gasteiger partial charge in [-0.25, -0.2) is 15.0 Å². The van der Waals surface area contributed by atoms with Gasteiger partial charge in [0.15, 0.2) is 5.78 Å². The molecule has 4 rings (SSSR count). The zero-order chi connectivity index (χ0) is 20.2. The molecular formula is C21H17N5O3. The number of carbonyl (C=O) groups excluding carboxylic acids is 1. The molecule has 1 N–H and O–H groups in total. The van der Waals surface area contributed by atoms with E-state index in [1.165, 1.54) is 17.0 Å². The van der Waals surface area contributed by atoms with Crippen LogP contribution in [0.3, 0.4) is 0 Å². The highest BCUT2D eigenvalue weighted by Crippen LogP contribution is 2.24. The summed E-state index contributed by atoms with van der Waals surface area (Å²) >= 11 is 0. The highest BCUT2D eigenvalue weighted by atomic mass is 16.3. The maximum absolute atomic E-state index is 12.9. The van der Waals surface area contributed by atoms with Gasteiger partial charge in [0.05, 0.1) is 30.5 Å². The second-order valence-corrected chi connectivity index (χ2v) is 6.29. The third kappa shape index (κ3) is 3.81. The van der Waals surface area contributed by atoms with Crippen LogP contribution < -0.4 is 10.9 Å². The van der Waals surface area contributed by atoms with E-state index in [-0.39, 0.29) is 23.8 Å². The zero-order valence-electron chi connectivity index (χ0n) is 15.6. The number of benzene rings is 1. The molecule has 0 saturated heterocycles. The van der Waals surface area contributed by atoms with Crippen LogP contribution in [0.15, 0.2) is 76.7 Å². The van der Waals surface area contributed by atoms with E-state index in [1.54, 1.807) is 50.0 Å². The first-order chi connectivity index (χ1) is 14.1. The van der Waals surface area contributed by atoms with E-state index in [0.29, 0.717) is 17.0 Å². The quantitative estimate of drug-likeness (QED) is 0.507. The Kier molecular flexibility index (Phi) is 4.98. The summed E-state index contributed by atoms with van der Waals surface area (Å²) in [5, 5.41) is 2.97. The largest absolute Gasteiger partial charge is 0.472 e. The van der Waals surface area contributed by atoms with Crippen LogP contribution in [0.1, 0.15) is 10.4 Å². The smallest absolute Gasteiger partial charge is 0.255 e. The number of hydrogen-bond acceptors (Lipinski definition) is 7. The summed E-state index contributed by atoms with van der Waals surface area (Å²) in [4.78, 5) is 37.6. The van der Waals surface area contributed by atoms with Gasteiger partial charge in [0, 0.05) is 30.4 Å². The number of anilines is 1. The molecule has 3 heterocycles. The molecule has 1 aromatic carbocycles. The van der Waals surface area contributed by atoms with Crippen LogP contribution in [-0.4, -0.2) is 31.8 Å². The van der Waals surface area contributed by atoms with E-state index in [2.05, 4.69) is 20.3 Å². The van der Waals surface area contributed by atoms with Crippen molar-refractivity contribution in [3.63, 3.8) is 0 Å². The van der Waals surface area contributed by atoms with E-state index in [9.17, 15) is 9.59 Å². The van der Waals surface area contributed by atoms with Gasteiger partial charge in [0.25, 0.3) is 5.56 Å². The number of carbonyl (C=O) groups is 1. The van der Waals surface area contributed by atoms with Gasteiger partial charge in [-0.05, 0) is 17.7 Å². The summed E-state index contributed by atoms with van der Waals surface area (Å²) in [6.07, 6.45) is 6.12. The first kappa shape index (κ1) is 18.3. The molecule has 144 valence electrons. The van der Waals surface area contributed by atoms with E-state index >= 15 is 0 Å². The fourth-order valence-electron chi connectivity index (χ4n) is 2.92. The van der Waals surface area contributed by atoms with Crippen molar-refractivity contribution in [2.75, 3.05) is 11.9 Å². The van der Waals surface area contributed by atoms with Crippen LogP contribution in [-0.2, 0) is 7.05 Å². The van der Waals surface area contributed by atoms with Gasteiger partial charge in [0.2, 0.25) is 5.95 Å². The van der Waals surface area contributed by atoms with Gasteiger partial charge >= 0.3 is 0 Å². The van der Waals surface area contributed by atoms with Crippen LogP contribution in [0, 0.1) is 0 Å². The summed E-state index contributed by atoms with van der Waals surface area (Å²) in [6.45, 7) is -0.0254. The molecule has 8 heteroatoms. The summed E-state index contributed by atoms with van der Waals surface area (Å²) in [5.41, 5.74) is 2.83. The first-order valence-electron chi connectivity index (χ1n) is 8.86. The predicted octanol–water partition coefficient (Wildman–Crippen LogP) is 2.79. The van der Waals surface area contributed by atoms with Crippen LogP contribution in [0.4, 0.5) is 5.95 Å². The first-order valence-corrected chi connectivity index (χ1v) is 8.86. The minimum Gasteiger partial charge on any atom is -0.472 e. The lowest BCUT2D eigenvalue weighted by Gasteiger charge is -2.12. The number of hydrogen-bond donors (Lipinski definition) is 1. The summed E-state index contributed by atoms with van der Waals surface area (Å²) in [7, 11) is 1.59. The van der Waals surface area contributed by atoms with Crippen molar-refractivity contribution in [2.45, 2.75) is 0 Å². The van der Waals surface area contributed by atoms with Crippen LogP contribution in [0.25, 0.3) is 22.5 Å². The maximum atomic E-state index is 12.9. The van der Waals surface area contributed by atoms with Gasteiger partial charge in [-0.3, -0.25) is 14.2 Å². The Bertz CT molecular complexity index is 1200. The summed E-state index contributed by atoms with van der Waals surface area (Å²) in [6, 6.07) is 12.2. The molecular weight excluding hydrogens is 370 g/mol. The van der Waals surface area contributed by atoms with Crippen LogP contribution >= 0.6 is 0 Å². The fourth-order valence-corrected chi connectivity index (χ4v) is 2.92. The Morgan fingerprint density at radius 1 is 1.17 bits per heavy atom. The minimum atomic E-state index is -0.262. The van der Waals surface area contributed by atoms with E-state index in [1.807, 2.05) is 12.1 Å². The molecule has 4 aromatic rings. The number of rotatable bonds is 6. The SMILES string of the molecule is Cn1c(NCC(=O)c2ccccc2-c2ccoc2)nc(-c2ccncn2)cc1=O. The predicted molar refractivity (Wildman–Crippen MR) is 107 cm³/mol. The van der Waals surface area contributed by atoms with Crippen molar-refractivity contribution < 1.29 is 9.21 Å². The van der Waals surface area contributed by atoms with Gasteiger partial charge in [-0.2, -0.15) is 0 Å². The fraction of sp³-hybridized carbons (Fsp3) is 0.0952. The third-order valence-electron chi connectivity index (χ3n) is 4.45. The van der Waals surface area contributed by atoms with Gasteiger partial charge in [-0.15, -0.1) is 0 Å². The number of nitrogens with one attached hydrogen (secondary N) is 1. The van der Waals surface area contributed by atoms with Crippen molar-refractivity contribution in [3.8, 4) is 22.5 Å². The Balaban J connectivity index is 1.60. The molecule has 0 amide bonds. The molecule has 0 atom stereocenters. The Morgan fingerprint density at radius 2 is 2.03 bits per heavy atom. The number of aromatic nitrogens is 4. The van der Waals surface area contributed by atoms with Crippen molar-refractivity contribution >= 4 is 11.7 Å². The lowest BCUT2D eigenvalue weighted by molar-refractivity contribution is 0.101. The highest BCUT2D eigenvalue weighted by Gasteiger charge is 2.15. The molecule has 29 heavy (non-hydrogen) atoms. The highest BCUT2D eigenvalue weighted by molar-refractivity contribution is 6.04. The lowest BCUT2D eigenvalue weighted by Crippen LogP contribution is -2.25. The van der Waals surface area contributed by atoms with Gasteiger partial charge in [-0.1, -0.05) is 24.3 Å². The molecule has 3 aromatic heterocycles. The third-order valence-corrected chi connectivity index (χ3v) is 4.45. The molecule has 0 bridgehead atoms. The Hall–Kier alpha value is -4.07. The molecule has 8 nitrogen and oxygen atoms in total. The standard InChI is InChI=1S/C21H17N5O3/c1-26-20(28)10-18(17-6-8-22-13-24-17)25-21(26)23-11-19(27)16-5-3-2-4-15(16)14-7-9-29-12-14/h2-10,12-13H,11H2,1H3,(H,23,25). The zero-order valence-corrected chi connectivity index (χ0v) is 15.6. The van der Waals surface area contributed by atoms with E-state index in [4.69, 9.17) is 4.42 Å². The van der Waals surface area contributed by atoms with Crippen molar-refractivity contribution in [2.24, 2.45) is 7.05 Å². The topological polar surface area (TPSA) is 103 Å². The molecule has 0 fully saturated rings. The second kappa shape index (κ2) is 7.89. The average Bonchev–Trinajstić information content (AvgIpc) is 3.30. The van der Waals surface area contributed by atoms with Crippen molar-refractivity contribution in [3.05, 3.63) is 83.4 Å². The normalized spacial score (nSPS) is 10.7. The number of ketones is 1.